The van der Waals surface area contributed by atoms with Crippen molar-refractivity contribution in [2.75, 3.05) is 30.3 Å². The minimum atomic E-state index is -0.525. The molecule has 0 saturated carbocycles. The van der Waals surface area contributed by atoms with Crippen molar-refractivity contribution in [2.24, 2.45) is 0 Å². The number of benzene rings is 3. The van der Waals surface area contributed by atoms with Crippen molar-refractivity contribution in [1.29, 1.82) is 5.26 Å². The van der Waals surface area contributed by atoms with E-state index >= 15 is 0 Å². The molecular weight excluding hydrogens is 586 g/mol. The Kier molecular flexibility index (Phi) is 8.54. The van der Waals surface area contributed by atoms with Gasteiger partial charge in [0.1, 0.15) is 11.9 Å². The SMILES string of the molecule is CCN1CCC(N2C=C([C@H](Nc3cc(Cl)c4ncc(C#N)c(Nc5ccc(F)c(Cl)c5)c4c3)c3ccccc3)NN2)CC1. The fourth-order valence-electron chi connectivity index (χ4n) is 5.63. The standard InChI is InChI=1S/C32H31Cl2FN8/c1-2-42-12-10-24(11-13-42)43-19-29(40-41-43)31(20-6-4-3-5-7-20)39-23-14-25-30(38-22-8-9-28(35)26(33)15-22)21(17-36)18-37-32(25)27(34)16-23/h3-9,14-16,18-19,24,31,39-41H,2,10-13H2,1H3,(H,37,38)/t31-/m1/s1. The molecule has 1 saturated heterocycles. The van der Waals surface area contributed by atoms with Gasteiger partial charge in [0.05, 0.1) is 38.6 Å². The maximum Gasteiger partial charge on any atom is 0.141 e. The molecule has 8 nitrogen and oxygen atoms in total. The summed E-state index contributed by atoms with van der Waals surface area (Å²) in [6.45, 7) is 5.45. The molecule has 1 fully saturated rings. The van der Waals surface area contributed by atoms with Gasteiger partial charge in [-0.05, 0) is 55.3 Å². The van der Waals surface area contributed by atoms with Gasteiger partial charge in [-0.1, -0.05) is 60.5 Å². The molecule has 0 amide bonds. The van der Waals surface area contributed by atoms with E-state index in [0.29, 0.717) is 38.9 Å². The molecule has 220 valence electrons. The number of hydrogen-bond acceptors (Lipinski definition) is 8. The number of hydrogen-bond donors (Lipinski definition) is 4. The molecule has 2 aliphatic heterocycles. The van der Waals surface area contributed by atoms with E-state index in [0.717, 1.165) is 49.4 Å². The molecule has 2 aliphatic rings. The number of nitrogens with one attached hydrogen (secondary N) is 4. The largest absolute Gasteiger partial charge is 0.373 e. The predicted octanol–water partition coefficient (Wildman–Crippen LogP) is 7.10. The first-order valence-corrected chi connectivity index (χ1v) is 15.0. The van der Waals surface area contributed by atoms with Gasteiger partial charge in [-0.25, -0.2) is 4.39 Å². The minimum Gasteiger partial charge on any atom is -0.373 e. The minimum absolute atomic E-state index is 0.0242. The Morgan fingerprint density at radius 3 is 2.56 bits per heavy atom. The van der Waals surface area contributed by atoms with Crippen LogP contribution in [0.25, 0.3) is 10.9 Å². The quantitative estimate of drug-likeness (QED) is 0.167. The number of nitriles is 1. The Morgan fingerprint density at radius 1 is 1.07 bits per heavy atom. The van der Waals surface area contributed by atoms with Crippen molar-refractivity contribution in [3.05, 3.63) is 106 Å². The van der Waals surface area contributed by atoms with Crippen molar-refractivity contribution in [3.8, 4) is 6.07 Å². The van der Waals surface area contributed by atoms with Gasteiger partial charge < -0.3 is 21.0 Å². The summed E-state index contributed by atoms with van der Waals surface area (Å²) in [4.78, 5) is 6.94. The van der Waals surface area contributed by atoms with Crippen LogP contribution in [0.15, 0.2) is 78.8 Å². The van der Waals surface area contributed by atoms with Crippen LogP contribution >= 0.6 is 23.2 Å². The Labute approximate surface area is 260 Å². The number of fused-ring (bicyclic) bond motifs is 1. The summed E-state index contributed by atoms with van der Waals surface area (Å²) >= 11 is 12.8. The molecule has 6 rings (SSSR count). The number of rotatable bonds is 8. The van der Waals surface area contributed by atoms with Crippen LogP contribution in [-0.2, 0) is 0 Å². The summed E-state index contributed by atoms with van der Waals surface area (Å²) in [5, 5.41) is 20.0. The highest BCUT2D eigenvalue weighted by Crippen LogP contribution is 2.37. The summed E-state index contributed by atoms with van der Waals surface area (Å²) in [7, 11) is 0. The second kappa shape index (κ2) is 12.7. The van der Waals surface area contributed by atoms with Crippen molar-refractivity contribution in [1.82, 2.24) is 25.9 Å². The van der Waals surface area contributed by atoms with Crippen molar-refractivity contribution < 1.29 is 4.39 Å². The number of nitrogens with zero attached hydrogens (tertiary/aromatic N) is 4. The summed E-state index contributed by atoms with van der Waals surface area (Å²) in [5.74, 6) is -0.525. The second-order valence-corrected chi connectivity index (χ2v) is 11.5. The molecule has 4 N–H and O–H groups in total. The predicted molar refractivity (Wildman–Crippen MR) is 170 cm³/mol. The number of hydrazine groups is 2. The van der Waals surface area contributed by atoms with Gasteiger partial charge in [0.2, 0.25) is 0 Å². The number of pyridine rings is 1. The summed E-state index contributed by atoms with van der Waals surface area (Å²) < 4.78 is 13.8. The van der Waals surface area contributed by atoms with Crippen LogP contribution in [0, 0.1) is 17.1 Å². The highest BCUT2D eigenvalue weighted by Gasteiger charge is 2.29. The van der Waals surface area contributed by atoms with E-state index in [2.05, 4.69) is 67.8 Å². The molecule has 0 bridgehead atoms. The van der Waals surface area contributed by atoms with Crippen LogP contribution in [0.4, 0.5) is 21.5 Å². The summed E-state index contributed by atoms with van der Waals surface area (Å²) in [5.41, 5.74) is 11.4. The van der Waals surface area contributed by atoms with Crippen LogP contribution in [-0.4, -0.2) is 40.6 Å². The van der Waals surface area contributed by atoms with Gasteiger partial charge in [-0.2, -0.15) is 5.26 Å². The average molecular weight is 618 g/mol. The lowest BCUT2D eigenvalue weighted by atomic mass is 10.0. The zero-order valence-electron chi connectivity index (χ0n) is 23.5. The zero-order valence-corrected chi connectivity index (χ0v) is 25.1. The Morgan fingerprint density at radius 2 is 1.84 bits per heavy atom. The first-order valence-electron chi connectivity index (χ1n) is 14.2. The van der Waals surface area contributed by atoms with Crippen LogP contribution in [0.5, 0.6) is 0 Å². The van der Waals surface area contributed by atoms with Gasteiger partial charge >= 0.3 is 0 Å². The molecule has 1 atom stereocenters. The lowest BCUT2D eigenvalue weighted by Crippen LogP contribution is -2.48. The molecule has 11 heteroatoms. The maximum atomic E-state index is 13.8. The third-order valence-corrected chi connectivity index (χ3v) is 8.57. The smallest absolute Gasteiger partial charge is 0.141 e. The lowest BCUT2D eigenvalue weighted by Gasteiger charge is -2.35. The molecule has 4 aromatic rings. The molecule has 0 unspecified atom stereocenters. The average Bonchev–Trinajstić information content (AvgIpc) is 3.52. The van der Waals surface area contributed by atoms with Gasteiger partial charge in [-0.3, -0.25) is 9.99 Å². The number of piperidine rings is 1. The monoisotopic (exact) mass is 616 g/mol. The lowest BCUT2D eigenvalue weighted by molar-refractivity contribution is 0.112. The normalized spacial score (nSPS) is 16.4. The second-order valence-electron chi connectivity index (χ2n) is 10.6. The van der Waals surface area contributed by atoms with Gasteiger partial charge in [0.15, 0.2) is 0 Å². The number of aromatic nitrogens is 1. The Balaban J connectivity index is 1.35. The number of halogens is 3. The van der Waals surface area contributed by atoms with Crippen molar-refractivity contribution in [2.45, 2.75) is 31.8 Å². The van der Waals surface area contributed by atoms with Crippen molar-refractivity contribution >= 4 is 51.2 Å². The van der Waals surface area contributed by atoms with E-state index in [1.807, 2.05) is 30.3 Å². The van der Waals surface area contributed by atoms with Crippen molar-refractivity contribution in [3.63, 3.8) is 0 Å². The molecule has 0 spiro atoms. The van der Waals surface area contributed by atoms with E-state index in [1.54, 1.807) is 6.07 Å². The van der Waals surface area contributed by atoms with E-state index in [-0.39, 0.29) is 11.1 Å². The summed E-state index contributed by atoms with van der Waals surface area (Å²) in [6, 6.07) is 20.6. The maximum absolute atomic E-state index is 13.8. The topological polar surface area (TPSA) is 91.3 Å². The van der Waals surface area contributed by atoms with Gasteiger partial charge in [0.25, 0.3) is 0 Å². The van der Waals surface area contributed by atoms with Crippen LogP contribution < -0.4 is 21.6 Å². The van der Waals surface area contributed by atoms with Crippen LogP contribution in [0.1, 0.15) is 36.9 Å². The molecular formula is C32H31Cl2FN8. The fraction of sp³-hybridized carbons (Fsp3) is 0.250. The Bertz CT molecular complexity index is 1700. The third-order valence-electron chi connectivity index (χ3n) is 7.99. The number of anilines is 3. The summed E-state index contributed by atoms with van der Waals surface area (Å²) in [6.07, 6.45) is 5.78. The zero-order chi connectivity index (χ0) is 29.9. The van der Waals surface area contributed by atoms with E-state index in [4.69, 9.17) is 23.2 Å². The Hall–Kier alpha value is -4.07. The fourth-order valence-corrected chi connectivity index (χ4v) is 6.08. The van der Waals surface area contributed by atoms with Gasteiger partial charge in [-0.15, -0.1) is 5.53 Å². The van der Waals surface area contributed by atoms with Crippen LogP contribution in [0.2, 0.25) is 10.0 Å². The van der Waals surface area contributed by atoms with Gasteiger partial charge in [0, 0.05) is 48.3 Å². The highest BCUT2D eigenvalue weighted by atomic mass is 35.5. The molecule has 0 radical (unpaired) electrons. The first-order chi connectivity index (χ1) is 20.9. The van der Waals surface area contributed by atoms with E-state index in [9.17, 15) is 9.65 Å². The first kappa shape index (κ1) is 29.0. The highest BCUT2D eigenvalue weighted by molar-refractivity contribution is 6.36. The van der Waals surface area contributed by atoms with E-state index < -0.39 is 5.82 Å². The third kappa shape index (κ3) is 6.19. The molecule has 43 heavy (non-hydrogen) atoms. The van der Waals surface area contributed by atoms with Crippen LogP contribution in [0.3, 0.4) is 0 Å². The molecule has 0 aliphatic carbocycles. The van der Waals surface area contributed by atoms with E-state index in [1.165, 1.54) is 18.3 Å². The molecule has 3 heterocycles. The molecule has 3 aromatic carbocycles. The molecule has 1 aromatic heterocycles. The number of likely N-dealkylation sites (tertiary alicyclic amines) is 1.